The molecule has 0 saturated carbocycles. The van der Waals surface area contributed by atoms with Gasteiger partial charge in [-0.15, -0.1) is 11.3 Å². The lowest BCUT2D eigenvalue weighted by Gasteiger charge is -2.30. The van der Waals surface area contributed by atoms with E-state index in [0.29, 0.717) is 10.6 Å². The van der Waals surface area contributed by atoms with Gasteiger partial charge in [-0.1, -0.05) is 42.5 Å². The molecule has 0 unspecified atom stereocenters. The van der Waals surface area contributed by atoms with Gasteiger partial charge in [0.2, 0.25) is 5.91 Å². The van der Waals surface area contributed by atoms with E-state index in [1.54, 1.807) is 35.7 Å². The van der Waals surface area contributed by atoms with Gasteiger partial charge in [0.25, 0.3) is 10.0 Å². The molecule has 0 aliphatic heterocycles. The molecule has 0 radical (unpaired) electrons. The molecule has 1 N–H and O–H groups in total. The lowest BCUT2D eigenvalue weighted by Crippen LogP contribution is -2.42. The van der Waals surface area contributed by atoms with E-state index in [0.717, 1.165) is 11.1 Å². The molecule has 164 valence electrons. The van der Waals surface area contributed by atoms with E-state index in [2.05, 4.69) is 4.72 Å². The van der Waals surface area contributed by atoms with E-state index in [1.165, 1.54) is 11.3 Å². The highest BCUT2D eigenvalue weighted by Gasteiger charge is 2.23. The Morgan fingerprint density at radius 2 is 1.48 bits per heavy atom. The van der Waals surface area contributed by atoms with Crippen LogP contribution in [0.15, 0.2) is 70.9 Å². The number of thiophene rings is 1. The third kappa shape index (κ3) is 5.54. The zero-order valence-electron chi connectivity index (χ0n) is 18.2. The Hall–Kier alpha value is -2.64. The predicted molar refractivity (Wildman–Crippen MR) is 128 cm³/mol. The number of rotatable bonds is 8. The van der Waals surface area contributed by atoms with Gasteiger partial charge in [-0.05, 0) is 62.4 Å². The van der Waals surface area contributed by atoms with E-state index in [1.807, 2.05) is 62.9 Å². The first-order valence-corrected chi connectivity index (χ1v) is 12.6. The summed E-state index contributed by atoms with van der Waals surface area (Å²) in [6.07, 6.45) is 0.166. The van der Waals surface area contributed by atoms with Crippen LogP contribution in [-0.4, -0.2) is 31.3 Å². The first kappa shape index (κ1) is 23.0. The number of carbonyl (C=O) groups is 1. The quantitative estimate of drug-likeness (QED) is 0.493. The summed E-state index contributed by atoms with van der Waals surface area (Å²) in [5.74, 6) is -0.0138. The molecule has 0 saturated heterocycles. The van der Waals surface area contributed by atoms with E-state index in [4.69, 9.17) is 0 Å². The molecule has 3 rings (SSSR count). The SMILES string of the molecule is CC(C)N(C(=O)Cc1sccc1NS(=O)(=O)c1ccc(-c2ccccc2)cc1)C(C)C. The van der Waals surface area contributed by atoms with Crippen molar-refractivity contribution < 1.29 is 13.2 Å². The molecule has 7 heteroatoms. The fraction of sp³-hybridized carbons (Fsp3) is 0.292. The van der Waals surface area contributed by atoms with Crippen LogP contribution in [0.25, 0.3) is 11.1 Å². The van der Waals surface area contributed by atoms with Gasteiger partial charge in [0.1, 0.15) is 0 Å². The Bertz CT molecular complexity index is 1110. The summed E-state index contributed by atoms with van der Waals surface area (Å²) in [6.45, 7) is 7.92. The third-order valence-electron chi connectivity index (χ3n) is 4.97. The van der Waals surface area contributed by atoms with Crippen molar-refractivity contribution in [3.8, 4) is 11.1 Å². The van der Waals surface area contributed by atoms with Crippen molar-refractivity contribution >= 4 is 33.0 Å². The maximum absolute atomic E-state index is 12.9. The Morgan fingerprint density at radius 3 is 2.06 bits per heavy atom. The van der Waals surface area contributed by atoms with Gasteiger partial charge in [0.15, 0.2) is 0 Å². The van der Waals surface area contributed by atoms with E-state index in [-0.39, 0.29) is 29.3 Å². The average Bonchev–Trinajstić information content (AvgIpc) is 3.14. The molecule has 5 nitrogen and oxygen atoms in total. The first-order valence-electron chi connectivity index (χ1n) is 10.2. The zero-order chi connectivity index (χ0) is 22.6. The van der Waals surface area contributed by atoms with Gasteiger partial charge >= 0.3 is 0 Å². The number of anilines is 1. The molecule has 0 aliphatic carbocycles. The third-order valence-corrected chi connectivity index (χ3v) is 7.28. The Kier molecular flexibility index (Phi) is 7.18. The average molecular weight is 457 g/mol. The summed E-state index contributed by atoms with van der Waals surface area (Å²) in [7, 11) is -3.76. The molecule has 0 spiro atoms. The number of hydrogen-bond acceptors (Lipinski definition) is 4. The maximum Gasteiger partial charge on any atom is 0.261 e. The lowest BCUT2D eigenvalue weighted by atomic mass is 10.1. The first-order chi connectivity index (χ1) is 14.7. The molecule has 0 aliphatic rings. The summed E-state index contributed by atoms with van der Waals surface area (Å²) in [6, 6.07) is 18.4. The standard InChI is InChI=1S/C24H28N2O3S2/c1-17(2)26(18(3)4)24(27)16-23-22(14-15-30-23)25-31(28,29)21-12-10-20(11-13-21)19-8-6-5-7-9-19/h5-15,17-18,25H,16H2,1-4H3. The van der Waals surface area contributed by atoms with Crippen molar-refractivity contribution in [1.29, 1.82) is 0 Å². The second-order valence-corrected chi connectivity index (χ2v) is 10.6. The van der Waals surface area contributed by atoms with Crippen molar-refractivity contribution in [2.45, 2.75) is 51.1 Å². The summed E-state index contributed by atoms with van der Waals surface area (Å²) >= 11 is 1.38. The number of hydrogen-bond donors (Lipinski definition) is 1. The summed E-state index contributed by atoms with van der Waals surface area (Å²) < 4.78 is 28.5. The van der Waals surface area contributed by atoms with E-state index in [9.17, 15) is 13.2 Å². The number of nitrogens with zero attached hydrogens (tertiary/aromatic N) is 1. The molecule has 3 aromatic rings. The fourth-order valence-electron chi connectivity index (χ4n) is 3.63. The second-order valence-electron chi connectivity index (χ2n) is 7.92. The molecule has 1 amide bonds. The smallest absolute Gasteiger partial charge is 0.261 e. The van der Waals surface area contributed by atoms with Crippen molar-refractivity contribution in [3.63, 3.8) is 0 Å². The molecule has 31 heavy (non-hydrogen) atoms. The van der Waals surface area contributed by atoms with Crippen molar-refractivity contribution in [3.05, 3.63) is 70.9 Å². The van der Waals surface area contributed by atoms with Crippen LogP contribution in [0, 0.1) is 0 Å². The van der Waals surface area contributed by atoms with Crippen LogP contribution in [0.4, 0.5) is 5.69 Å². The number of carbonyl (C=O) groups excluding carboxylic acids is 1. The van der Waals surface area contributed by atoms with Crippen LogP contribution in [0.5, 0.6) is 0 Å². The molecule has 1 aromatic heterocycles. The number of amides is 1. The van der Waals surface area contributed by atoms with Gasteiger partial charge in [0, 0.05) is 17.0 Å². The van der Waals surface area contributed by atoms with Gasteiger partial charge in [0.05, 0.1) is 17.0 Å². The van der Waals surface area contributed by atoms with Crippen LogP contribution >= 0.6 is 11.3 Å². The predicted octanol–water partition coefficient (Wildman–Crippen LogP) is 5.40. The molecule has 0 atom stereocenters. The van der Waals surface area contributed by atoms with Gasteiger partial charge < -0.3 is 4.90 Å². The topological polar surface area (TPSA) is 66.5 Å². The van der Waals surface area contributed by atoms with Gasteiger partial charge in [-0.25, -0.2) is 8.42 Å². The lowest BCUT2D eigenvalue weighted by molar-refractivity contribution is -0.133. The molecule has 2 aromatic carbocycles. The van der Waals surface area contributed by atoms with Crippen molar-refractivity contribution in [1.82, 2.24) is 4.90 Å². The molecule has 1 heterocycles. The number of sulfonamides is 1. The Morgan fingerprint density at radius 1 is 0.903 bits per heavy atom. The second kappa shape index (κ2) is 9.66. The van der Waals surface area contributed by atoms with Crippen LogP contribution in [-0.2, 0) is 21.2 Å². The minimum absolute atomic E-state index is 0.0138. The van der Waals surface area contributed by atoms with Crippen LogP contribution in [0.2, 0.25) is 0 Å². The minimum Gasteiger partial charge on any atom is -0.338 e. The highest BCUT2D eigenvalue weighted by Crippen LogP contribution is 2.28. The van der Waals surface area contributed by atoms with Gasteiger partial charge in [-0.3, -0.25) is 9.52 Å². The van der Waals surface area contributed by atoms with Crippen molar-refractivity contribution in [2.24, 2.45) is 0 Å². The minimum atomic E-state index is -3.76. The molecule has 0 bridgehead atoms. The maximum atomic E-state index is 12.9. The normalized spacial score (nSPS) is 11.7. The van der Waals surface area contributed by atoms with Gasteiger partial charge in [-0.2, -0.15) is 0 Å². The molecule has 0 fully saturated rings. The highest BCUT2D eigenvalue weighted by molar-refractivity contribution is 7.92. The largest absolute Gasteiger partial charge is 0.338 e. The van der Waals surface area contributed by atoms with E-state index < -0.39 is 10.0 Å². The molecular formula is C24H28N2O3S2. The number of nitrogens with one attached hydrogen (secondary N) is 1. The monoisotopic (exact) mass is 456 g/mol. The van der Waals surface area contributed by atoms with E-state index >= 15 is 0 Å². The summed E-state index contributed by atoms with van der Waals surface area (Å²) in [5, 5.41) is 1.80. The van der Waals surface area contributed by atoms with Crippen LogP contribution in [0.1, 0.15) is 32.6 Å². The fourth-order valence-corrected chi connectivity index (χ4v) is 5.61. The highest BCUT2D eigenvalue weighted by atomic mass is 32.2. The summed E-state index contributed by atoms with van der Waals surface area (Å²) in [5.41, 5.74) is 2.43. The van der Waals surface area contributed by atoms with Crippen LogP contribution in [0.3, 0.4) is 0 Å². The van der Waals surface area contributed by atoms with Crippen molar-refractivity contribution in [2.75, 3.05) is 4.72 Å². The zero-order valence-corrected chi connectivity index (χ0v) is 19.8. The molecular weight excluding hydrogens is 428 g/mol. The summed E-state index contributed by atoms with van der Waals surface area (Å²) in [4.78, 5) is 15.5. The van der Waals surface area contributed by atoms with Crippen LogP contribution < -0.4 is 4.72 Å². The number of benzene rings is 2. The Labute approximate surface area is 188 Å². The Balaban J connectivity index is 1.77.